The molecule has 2 aromatic rings. The molecule has 0 saturated carbocycles. The van der Waals surface area contributed by atoms with E-state index < -0.39 is 5.82 Å². The normalized spacial score (nSPS) is 13.1. The Morgan fingerprint density at radius 1 is 1.15 bits per heavy atom. The van der Waals surface area contributed by atoms with E-state index in [-0.39, 0.29) is 11.6 Å². The first-order valence-corrected chi connectivity index (χ1v) is 6.60. The van der Waals surface area contributed by atoms with Crippen molar-refractivity contribution in [1.29, 1.82) is 0 Å². The van der Waals surface area contributed by atoms with Crippen LogP contribution in [0.2, 0.25) is 5.02 Å². The number of fused-ring (bicyclic) bond motifs is 1. The van der Waals surface area contributed by atoms with E-state index >= 15 is 0 Å². The number of nitrogens with one attached hydrogen (secondary N) is 2. The third-order valence-electron chi connectivity index (χ3n) is 3.28. The number of carbonyl (C=O) groups is 1. The fourth-order valence-electron chi connectivity index (χ4n) is 2.22. The molecule has 3 nitrogen and oxygen atoms in total. The molecule has 0 fully saturated rings. The number of hydrogen-bond donors (Lipinski definition) is 2. The molecular weight excluding hydrogens is 279 g/mol. The Hall–Kier alpha value is -1.91. The van der Waals surface area contributed by atoms with Crippen molar-refractivity contribution in [2.24, 2.45) is 0 Å². The van der Waals surface area contributed by atoms with E-state index in [4.69, 9.17) is 11.6 Å². The average molecular weight is 291 g/mol. The molecule has 1 aliphatic rings. The van der Waals surface area contributed by atoms with Crippen LogP contribution in [0, 0.1) is 5.82 Å². The van der Waals surface area contributed by atoms with Crippen LogP contribution >= 0.6 is 11.6 Å². The molecule has 20 heavy (non-hydrogen) atoms. The zero-order valence-electron chi connectivity index (χ0n) is 10.5. The van der Waals surface area contributed by atoms with Gasteiger partial charge in [0.25, 0.3) is 5.91 Å². The van der Waals surface area contributed by atoms with Gasteiger partial charge in [0.05, 0.1) is 5.69 Å². The minimum absolute atomic E-state index is 0.0844. The van der Waals surface area contributed by atoms with Crippen molar-refractivity contribution in [1.82, 2.24) is 5.32 Å². The van der Waals surface area contributed by atoms with E-state index in [9.17, 15) is 9.18 Å². The zero-order valence-corrected chi connectivity index (χ0v) is 11.3. The fourth-order valence-corrected chi connectivity index (χ4v) is 2.40. The highest BCUT2D eigenvalue weighted by Crippen LogP contribution is 2.21. The summed E-state index contributed by atoms with van der Waals surface area (Å²) in [7, 11) is 0. The number of carbonyl (C=O) groups excluding carboxylic acids is 1. The highest BCUT2D eigenvalue weighted by atomic mass is 35.5. The van der Waals surface area contributed by atoms with Crippen LogP contribution in [0.4, 0.5) is 10.1 Å². The SMILES string of the molecule is O=C(Nc1cc(Cl)ccc1F)c1ccc2c(c1)CNC2. The first-order chi connectivity index (χ1) is 9.63. The van der Waals surface area contributed by atoms with Gasteiger partial charge in [-0.05, 0) is 41.5 Å². The number of rotatable bonds is 2. The Labute approximate surface area is 120 Å². The number of halogens is 2. The van der Waals surface area contributed by atoms with Crippen molar-refractivity contribution >= 4 is 23.2 Å². The van der Waals surface area contributed by atoms with Crippen molar-refractivity contribution in [2.45, 2.75) is 13.1 Å². The van der Waals surface area contributed by atoms with Crippen LogP contribution in [0.15, 0.2) is 36.4 Å². The Balaban J connectivity index is 1.84. The highest BCUT2D eigenvalue weighted by Gasteiger charge is 2.14. The predicted octanol–water partition coefficient (Wildman–Crippen LogP) is 3.33. The molecule has 3 rings (SSSR count). The van der Waals surface area contributed by atoms with Gasteiger partial charge in [0.15, 0.2) is 0 Å². The summed E-state index contributed by atoms with van der Waals surface area (Å²) in [5.74, 6) is -0.855. The summed E-state index contributed by atoms with van der Waals surface area (Å²) in [5, 5.41) is 6.13. The van der Waals surface area contributed by atoms with Gasteiger partial charge in [0, 0.05) is 23.7 Å². The second kappa shape index (κ2) is 5.23. The van der Waals surface area contributed by atoms with E-state index in [1.165, 1.54) is 23.8 Å². The minimum Gasteiger partial charge on any atom is -0.319 e. The fraction of sp³-hybridized carbons (Fsp3) is 0.133. The Bertz CT molecular complexity index is 688. The lowest BCUT2D eigenvalue weighted by molar-refractivity contribution is 0.102. The van der Waals surface area contributed by atoms with Crippen LogP contribution in [-0.4, -0.2) is 5.91 Å². The summed E-state index contributed by atoms with van der Waals surface area (Å²) in [5.41, 5.74) is 2.88. The van der Waals surface area contributed by atoms with Gasteiger partial charge in [0.2, 0.25) is 0 Å². The summed E-state index contributed by atoms with van der Waals surface area (Å²) in [6.45, 7) is 1.57. The third-order valence-corrected chi connectivity index (χ3v) is 3.51. The van der Waals surface area contributed by atoms with E-state index in [0.717, 1.165) is 18.7 Å². The minimum atomic E-state index is -0.509. The standard InChI is InChI=1S/C15H12ClFN2O/c16-12-3-4-13(17)14(6-12)19-15(20)9-1-2-10-7-18-8-11(10)5-9/h1-6,18H,7-8H2,(H,19,20). The second-order valence-electron chi connectivity index (χ2n) is 4.67. The van der Waals surface area contributed by atoms with Crippen molar-refractivity contribution in [3.05, 3.63) is 63.9 Å². The molecule has 0 atom stereocenters. The van der Waals surface area contributed by atoms with Gasteiger partial charge in [-0.1, -0.05) is 17.7 Å². The summed E-state index contributed by atoms with van der Waals surface area (Å²) < 4.78 is 13.6. The Morgan fingerprint density at radius 2 is 1.95 bits per heavy atom. The van der Waals surface area contributed by atoms with Gasteiger partial charge in [-0.2, -0.15) is 0 Å². The van der Waals surface area contributed by atoms with E-state index in [0.29, 0.717) is 10.6 Å². The van der Waals surface area contributed by atoms with Gasteiger partial charge >= 0.3 is 0 Å². The van der Waals surface area contributed by atoms with Gasteiger partial charge in [-0.25, -0.2) is 4.39 Å². The van der Waals surface area contributed by atoms with Crippen LogP contribution in [0.5, 0.6) is 0 Å². The molecule has 102 valence electrons. The molecular formula is C15H12ClFN2O. The molecule has 1 aliphatic heterocycles. The highest BCUT2D eigenvalue weighted by molar-refractivity contribution is 6.31. The zero-order chi connectivity index (χ0) is 14.1. The molecule has 0 bridgehead atoms. The van der Waals surface area contributed by atoms with Crippen LogP contribution in [-0.2, 0) is 13.1 Å². The number of amides is 1. The lowest BCUT2D eigenvalue weighted by atomic mass is 10.1. The molecule has 0 aliphatic carbocycles. The summed E-state index contributed by atoms with van der Waals surface area (Å²) in [6, 6.07) is 9.54. The molecule has 0 spiro atoms. The predicted molar refractivity (Wildman–Crippen MR) is 76.3 cm³/mol. The number of hydrogen-bond acceptors (Lipinski definition) is 2. The van der Waals surface area contributed by atoms with Gasteiger partial charge in [-0.15, -0.1) is 0 Å². The molecule has 2 N–H and O–H groups in total. The van der Waals surface area contributed by atoms with Crippen LogP contribution in [0.25, 0.3) is 0 Å². The molecule has 0 unspecified atom stereocenters. The van der Waals surface area contributed by atoms with Gasteiger partial charge in [-0.3, -0.25) is 4.79 Å². The second-order valence-corrected chi connectivity index (χ2v) is 5.10. The number of benzene rings is 2. The molecule has 0 aromatic heterocycles. The average Bonchev–Trinajstić information content (AvgIpc) is 2.90. The van der Waals surface area contributed by atoms with Crippen molar-refractivity contribution < 1.29 is 9.18 Å². The van der Waals surface area contributed by atoms with E-state index in [1.807, 2.05) is 12.1 Å². The molecule has 1 amide bonds. The van der Waals surface area contributed by atoms with Crippen LogP contribution in [0.3, 0.4) is 0 Å². The monoisotopic (exact) mass is 290 g/mol. The maximum atomic E-state index is 13.6. The summed E-state index contributed by atoms with van der Waals surface area (Å²) in [6.07, 6.45) is 0. The lowest BCUT2D eigenvalue weighted by Gasteiger charge is -2.08. The molecule has 0 radical (unpaired) electrons. The first kappa shape index (κ1) is 13.1. The van der Waals surface area contributed by atoms with Crippen LogP contribution < -0.4 is 10.6 Å². The maximum absolute atomic E-state index is 13.6. The van der Waals surface area contributed by atoms with E-state index in [1.54, 1.807) is 6.07 Å². The molecule has 2 aromatic carbocycles. The Kier molecular flexibility index (Phi) is 3.42. The van der Waals surface area contributed by atoms with Crippen LogP contribution in [0.1, 0.15) is 21.5 Å². The first-order valence-electron chi connectivity index (χ1n) is 6.22. The summed E-state index contributed by atoms with van der Waals surface area (Å²) >= 11 is 5.80. The van der Waals surface area contributed by atoms with Crippen molar-refractivity contribution in [3.8, 4) is 0 Å². The quantitative estimate of drug-likeness (QED) is 0.891. The topological polar surface area (TPSA) is 41.1 Å². The molecule has 5 heteroatoms. The van der Waals surface area contributed by atoms with Gasteiger partial charge < -0.3 is 10.6 Å². The largest absolute Gasteiger partial charge is 0.319 e. The maximum Gasteiger partial charge on any atom is 0.255 e. The van der Waals surface area contributed by atoms with Crippen molar-refractivity contribution in [2.75, 3.05) is 5.32 Å². The molecule has 1 heterocycles. The lowest BCUT2D eigenvalue weighted by Crippen LogP contribution is -2.13. The van der Waals surface area contributed by atoms with Gasteiger partial charge in [0.1, 0.15) is 5.82 Å². The number of anilines is 1. The smallest absolute Gasteiger partial charge is 0.255 e. The molecule has 0 saturated heterocycles. The van der Waals surface area contributed by atoms with Crippen molar-refractivity contribution in [3.63, 3.8) is 0 Å². The van der Waals surface area contributed by atoms with E-state index in [2.05, 4.69) is 10.6 Å². The third kappa shape index (κ3) is 2.53. The Morgan fingerprint density at radius 3 is 2.80 bits per heavy atom. The summed E-state index contributed by atoms with van der Waals surface area (Å²) in [4.78, 5) is 12.1.